The third-order valence-corrected chi connectivity index (χ3v) is 9.12. The Labute approximate surface area is 236 Å². The zero-order chi connectivity index (χ0) is 28.9. The Morgan fingerprint density at radius 3 is 2.40 bits per heavy atom. The summed E-state index contributed by atoms with van der Waals surface area (Å²) >= 11 is 0. The Kier molecular flexibility index (Phi) is 9.42. The number of likely N-dealkylation sites (N-methyl/N-ethyl adjacent to an activating group) is 1. The van der Waals surface area contributed by atoms with Crippen molar-refractivity contribution in [3.05, 3.63) is 95.1 Å². The molecule has 3 aromatic carbocycles. The van der Waals surface area contributed by atoms with Gasteiger partial charge in [-0.05, 0) is 54.9 Å². The predicted octanol–water partition coefficient (Wildman–Crippen LogP) is 4.46. The number of rotatable bonds is 9. The van der Waals surface area contributed by atoms with E-state index in [1.807, 2.05) is 56.5 Å². The van der Waals surface area contributed by atoms with Gasteiger partial charge in [0.05, 0.1) is 12.2 Å². The number of ether oxygens (including phenoxy) is 1. The van der Waals surface area contributed by atoms with E-state index in [1.165, 1.54) is 4.31 Å². The number of carbonyl (C=O) groups is 1. The van der Waals surface area contributed by atoms with Crippen LogP contribution >= 0.6 is 0 Å². The summed E-state index contributed by atoms with van der Waals surface area (Å²) in [5, 5.41) is 19.0. The van der Waals surface area contributed by atoms with Crippen molar-refractivity contribution in [1.82, 2.24) is 9.21 Å². The second-order valence-electron chi connectivity index (χ2n) is 10.4. The van der Waals surface area contributed by atoms with Crippen LogP contribution in [0.25, 0.3) is 12.2 Å². The highest BCUT2D eigenvalue weighted by atomic mass is 32.2. The molecule has 4 rings (SSSR count). The van der Waals surface area contributed by atoms with E-state index in [0.717, 1.165) is 16.7 Å². The van der Waals surface area contributed by atoms with Gasteiger partial charge in [-0.25, -0.2) is 13.2 Å². The molecule has 1 aliphatic heterocycles. The first-order valence-electron chi connectivity index (χ1n) is 13.3. The standard InChI is InChI=1S/C31H36N2O6S/c1-22-18-33(23(2)21-34)40(37,38)30-16-13-25(10-9-24-7-5-4-6-8-24)17-28(30)39-29(22)20-32(3)19-26-11-14-27(15-12-26)31(35)36/h4-17,22-23,29,34H,18-21H2,1-3H3,(H,35,36)/b10-9+/t22-,23+,29+/m1/s1. The molecule has 0 amide bonds. The predicted molar refractivity (Wildman–Crippen MR) is 156 cm³/mol. The number of carboxylic acid groups (broad SMARTS) is 1. The molecular formula is C31H36N2O6S. The number of hydrogen-bond donors (Lipinski definition) is 2. The maximum Gasteiger partial charge on any atom is 0.335 e. The van der Waals surface area contributed by atoms with Crippen LogP contribution in [0.5, 0.6) is 5.75 Å². The molecule has 8 nitrogen and oxygen atoms in total. The lowest BCUT2D eigenvalue weighted by Crippen LogP contribution is -2.49. The van der Waals surface area contributed by atoms with E-state index in [9.17, 15) is 18.3 Å². The summed E-state index contributed by atoms with van der Waals surface area (Å²) in [5.41, 5.74) is 3.02. The highest BCUT2D eigenvalue weighted by Crippen LogP contribution is 2.34. The number of carboxylic acids is 1. The molecule has 0 saturated heterocycles. The zero-order valence-corrected chi connectivity index (χ0v) is 23.8. The van der Waals surface area contributed by atoms with E-state index in [2.05, 4.69) is 4.90 Å². The van der Waals surface area contributed by atoms with Gasteiger partial charge >= 0.3 is 5.97 Å². The van der Waals surface area contributed by atoms with E-state index in [4.69, 9.17) is 9.84 Å². The number of fused-ring (bicyclic) bond motifs is 1. The highest BCUT2D eigenvalue weighted by Gasteiger charge is 2.38. The first-order valence-corrected chi connectivity index (χ1v) is 14.7. The molecule has 0 unspecified atom stereocenters. The molecule has 212 valence electrons. The minimum Gasteiger partial charge on any atom is -0.487 e. The molecule has 1 aliphatic rings. The molecule has 9 heteroatoms. The van der Waals surface area contributed by atoms with Gasteiger partial charge in [0, 0.05) is 31.6 Å². The van der Waals surface area contributed by atoms with Crippen LogP contribution in [0.3, 0.4) is 0 Å². The van der Waals surface area contributed by atoms with E-state index in [0.29, 0.717) is 13.1 Å². The van der Waals surface area contributed by atoms with Crippen molar-refractivity contribution in [2.24, 2.45) is 5.92 Å². The van der Waals surface area contributed by atoms with Crippen LogP contribution in [0.15, 0.2) is 77.7 Å². The summed E-state index contributed by atoms with van der Waals surface area (Å²) in [4.78, 5) is 13.3. The van der Waals surface area contributed by atoms with Crippen LogP contribution in [0.4, 0.5) is 0 Å². The fourth-order valence-corrected chi connectivity index (χ4v) is 6.58. The molecule has 1 heterocycles. The Hall–Kier alpha value is -3.50. The molecule has 3 atom stereocenters. The van der Waals surface area contributed by atoms with Gasteiger partial charge in [0.25, 0.3) is 0 Å². The van der Waals surface area contributed by atoms with Gasteiger partial charge in [-0.2, -0.15) is 4.31 Å². The number of aliphatic hydroxyl groups excluding tert-OH is 1. The topological polar surface area (TPSA) is 107 Å². The maximum absolute atomic E-state index is 13.7. The third kappa shape index (κ3) is 6.98. The smallest absolute Gasteiger partial charge is 0.335 e. The quantitative estimate of drug-likeness (QED) is 0.370. The number of aromatic carboxylic acids is 1. The molecule has 0 spiro atoms. The highest BCUT2D eigenvalue weighted by molar-refractivity contribution is 7.89. The van der Waals surface area contributed by atoms with E-state index < -0.39 is 22.0 Å². The molecule has 2 N–H and O–H groups in total. The van der Waals surface area contributed by atoms with Gasteiger partial charge in [0.1, 0.15) is 16.7 Å². The molecule has 40 heavy (non-hydrogen) atoms. The first kappa shape index (κ1) is 29.5. The number of sulfonamides is 1. The van der Waals surface area contributed by atoms with Crippen LogP contribution in [0.1, 0.15) is 40.9 Å². The number of hydrogen-bond acceptors (Lipinski definition) is 6. The van der Waals surface area contributed by atoms with Crippen molar-refractivity contribution in [1.29, 1.82) is 0 Å². The summed E-state index contributed by atoms with van der Waals surface area (Å²) in [5.74, 6) is -0.872. The van der Waals surface area contributed by atoms with E-state index >= 15 is 0 Å². The van der Waals surface area contributed by atoms with E-state index in [-0.39, 0.29) is 41.4 Å². The molecule has 0 radical (unpaired) electrons. The summed E-state index contributed by atoms with van der Waals surface area (Å²) < 4.78 is 35.3. The van der Waals surface area contributed by atoms with Crippen LogP contribution in [-0.2, 0) is 16.6 Å². The molecule has 0 bridgehead atoms. The van der Waals surface area contributed by atoms with Crippen LogP contribution in [-0.4, -0.2) is 72.7 Å². The SMILES string of the molecule is C[C@@H]1CN([C@@H](C)CO)S(=O)(=O)c2ccc(/C=C/c3ccccc3)cc2O[C@H]1CN(C)Cc1ccc(C(=O)O)cc1. The maximum atomic E-state index is 13.7. The minimum absolute atomic E-state index is 0.0773. The van der Waals surface area contributed by atoms with Crippen molar-refractivity contribution < 1.29 is 28.2 Å². The van der Waals surface area contributed by atoms with Crippen LogP contribution in [0, 0.1) is 5.92 Å². The lowest BCUT2D eigenvalue weighted by molar-refractivity contribution is 0.0697. The Balaban J connectivity index is 1.64. The molecule has 3 aromatic rings. The fraction of sp³-hybridized carbons (Fsp3) is 0.323. The Bertz CT molecular complexity index is 1440. The van der Waals surface area contributed by atoms with Gasteiger partial charge in [-0.15, -0.1) is 0 Å². The van der Waals surface area contributed by atoms with Gasteiger partial charge in [0.2, 0.25) is 10.0 Å². The number of nitrogens with zero attached hydrogens (tertiary/aromatic N) is 2. The third-order valence-electron chi connectivity index (χ3n) is 7.10. The lowest BCUT2D eigenvalue weighted by atomic mass is 10.0. The minimum atomic E-state index is -3.92. The Morgan fingerprint density at radius 1 is 1.07 bits per heavy atom. The average Bonchev–Trinajstić information content (AvgIpc) is 2.94. The summed E-state index contributed by atoms with van der Waals surface area (Å²) in [7, 11) is -1.97. The fourth-order valence-electron chi connectivity index (χ4n) is 4.76. The van der Waals surface area contributed by atoms with Gasteiger partial charge in [-0.1, -0.05) is 67.6 Å². The molecule has 0 aromatic heterocycles. The molecule has 0 aliphatic carbocycles. The van der Waals surface area contributed by atoms with Crippen molar-refractivity contribution in [2.75, 3.05) is 26.7 Å². The van der Waals surface area contributed by atoms with Crippen molar-refractivity contribution >= 4 is 28.1 Å². The average molecular weight is 565 g/mol. The van der Waals surface area contributed by atoms with Crippen molar-refractivity contribution in [3.8, 4) is 5.75 Å². The van der Waals surface area contributed by atoms with Crippen molar-refractivity contribution in [3.63, 3.8) is 0 Å². The number of aliphatic hydroxyl groups is 1. The second-order valence-corrected chi connectivity index (χ2v) is 12.2. The summed E-state index contributed by atoms with van der Waals surface area (Å²) in [6, 6.07) is 21.1. The van der Waals surface area contributed by atoms with Gasteiger partial charge in [-0.3, -0.25) is 4.90 Å². The van der Waals surface area contributed by atoms with E-state index in [1.54, 1.807) is 49.4 Å². The number of benzene rings is 3. The molecule has 0 fully saturated rings. The normalized spacial score (nSPS) is 19.9. The van der Waals surface area contributed by atoms with Crippen LogP contribution in [0.2, 0.25) is 0 Å². The monoisotopic (exact) mass is 564 g/mol. The zero-order valence-electron chi connectivity index (χ0n) is 23.0. The summed E-state index contributed by atoms with van der Waals surface area (Å²) in [6.45, 7) is 4.63. The van der Waals surface area contributed by atoms with Crippen LogP contribution < -0.4 is 4.74 Å². The van der Waals surface area contributed by atoms with Gasteiger partial charge in [0.15, 0.2) is 0 Å². The molecular weight excluding hydrogens is 528 g/mol. The lowest BCUT2D eigenvalue weighted by Gasteiger charge is -2.37. The second kappa shape index (κ2) is 12.8. The molecule has 0 saturated carbocycles. The van der Waals surface area contributed by atoms with Crippen molar-refractivity contribution in [2.45, 2.75) is 37.4 Å². The van der Waals surface area contributed by atoms with Gasteiger partial charge < -0.3 is 14.9 Å². The summed E-state index contributed by atoms with van der Waals surface area (Å²) in [6.07, 6.45) is 3.53. The first-order chi connectivity index (χ1) is 19.1. The largest absolute Gasteiger partial charge is 0.487 e. The Morgan fingerprint density at radius 2 is 1.75 bits per heavy atom.